The van der Waals surface area contributed by atoms with E-state index in [1.807, 2.05) is 0 Å². The van der Waals surface area contributed by atoms with E-state index >= 15 is 0 Å². The number of methoxy groups -OCH3 is 1. The molecule has 0 aliphatic heterocycles. The first-order chi connectivity index (χ1) is 11.4. The number of nitrogens with zero attached hydrogens (tertiary/aromatic N) is 1. The van der Waals surface area contributed by atoms with Gasteiger partial charge in [-0.05, 0) is 25.6 Å². The number of likely N-dealkylation sites (N-methyl/N-ethyl adjacent to an activating group) is 1. The maximum atomic E-state index is 12.4. The van der Waals surface area contributed by atoms with Gasteiger partial charge in [0.15, 0.2) is 5.76 Å². The number of ketones is 1. The fraction of sp³-hybridized carbons (Fsp3) is 0.556. The Morgan fingerprint density at radius 3 is 2.33 bits per heavy atom. The Bertz CT molecular complexity index is 481. The minimum absolute atomic E-state index is 0.00639. The van der Waals surface area contributed by atoms with Crippen LogP contribution in [0.5, 0.6) is 0 Å². The molecular weight excluding hydrogens is 326 g/mol. The lowest BCUT2D eigenvalue weighted by atomic mass is 10.1. The highest BCUT2D eigenvalue weighted by Crippen LogP contribution is 2.18. The number of carbonyl (C=O) groups is 2. The van der Waals surface area contributed by atoms with Gasteiger partial charge in [0, 0.05) is 18.1 Å². The van der Waals surface area contributed by atoms with Crippen molar-refractivity contribution in [2.24, 2.45) is 0 Å². The van der Waals surface area contributed by atoms with E-state index < -0.39 is 5.97 Å². The molecule has 5 nitrogen and oxygen atoms in total. The standard InChI is InChI=1S/C18H29NO4S/c1-7-12-24-13-15(17(22-6)16(20)14(4)5)18(21)23-11-10-19(8-2)9-3/h7H,1,4,8-13H2,2-3,5-6H3/b17-15+. The van der Waals surface area contributed by atoms with Gasteiger partial charge in [-0.15, -0.1) is 6.58 Å². The van der Waals surface area contributed by atoms with E-state index in [9.17, 15) is 9.59 Å². The molecule has 0 aliphatic rings. The Kier molecular flexibility index (Phi) is 12.0. The van der Waals surface area contributed by atoms with Crippen LogP contribution in [0, 0.1) is 0 Å². The normalized spacial score (nSPS) is 11.7. The second-order valence-electron chi connectivity index (χ2n) is 5.09. The van der Waals surface area contributed by atoms with Gasteiger partial charge in [0.1, 0.15) is 6.61 Å². The van der Waals surface area contributed by atoms with Crippen LogP contribution < -0.4 is 0 Å². The van der Waals surface area contributed by atoms with Crippen LogP contribution in [0.1, 0.15) is 20.8 Å². The fourth-order valence-corrected chi connectivity index (χ4v) is 2.64. The molecule has 6 heteroatoms. The third kappa shape index (κ3) is 7.84. The summed E-state index contributed by atoms with van der Waals surface area (Å²) in [5.74, 6) is 0.0803. The van der Waals surface area contributed by atoms with Gasteiger partial charge in [-0.25, -0.2) is 4.79 Å². The maximum absolute atomic E-state index is 12.4. The van der Waals surface area contributed by atoms with Crippen LogP contribution in [0.3, 0.4) is 0 Å². The van der Waals surface area contributed by atoms with Gasteiger partial charge in [-0.1, -0.05) is 26.5 Å². The second kappa shape index (κ2) is 12.8. The van der Waals surface area contributed by atoms with E-state index in [2.05, 4.69) is 31.9 Å². The first-order valence-electron chi connectivity index (χ1n) is 7.98. The predicted molar refractivity (Wildman–Crippen MR) is 100 cm³/mol. The van der Waals surface area contributed by atoms with Gasteiger partial charge < -0.3 is 14.4 Å². The van der Waals surface area contributed by atoms with Crippen molar-refractivity contribution in [2.45, 2.75) is 20.8 Å². The van der Waals surface area contributed by atoms with Crippen molar-refractivity contribution in [2.75, 3.05) is 44.9 Å². The molecule has 0 saturated carbocycles. The quantitative estimate of drug-likeness (QED) is 0.166. The van der Waals surface area contributed by atoms with Gasteiger partial charge >= 0.3 is 5.97 Å². The van der Waals surface area contributed by atoms with Crippen LogP contribution in [0.2, 0.25) is 0 Å². The summed E-state index contributed by atoms with van der Waals surface area (Å²) in [4.78, 5) is 26.8. The lowest BCUT2D eigenvalue weighted by molar-refractivity contribution is -0.140. The van der Waals surface area contributed by atoms with Crippen LogP contribution in [0.25, 0.3) is 0 Å². The first-order valence-corrected chi connectivity index (χ1v) is 9.13. The summed E-state index contributed by atoms with van der Waals surface area (Å²) in [6.45, 7) is 15.7. The highest BCUT2D eigenvalue weighted by molar-refractivity contribution is 7.99. The van der Waals surface area contributed by atoms with Crippen molar-refractivity contribution in [3.05, 3.63) is 36.1 Å². The average molecular weight is 356 g/mol. The second-order valence-corrected chi connectivity index (χ2v) is 6.12. The van der Waals surface area contributed by atoms with Crippen molar-refractivity contribution in [3.63, 3.8) is 0 Å². The molecule has 24 heavy (non-hydrogen) atoms. The van der Waals surface area contributed by atoms with Crippen LogP contribution >= 0.6 is 11.8 Å². The Labute approximate surface area is 149 Å². The van der Waals surface area contributed by atoms with Crippen LogP contribution in [-0.4, -0.2) is 61.5 Å². The summed E-state index contributed by atoms with van der Waals surface area (Å²) in [5, 5.41) is 0. The molecule has 0 saturated heterocycles. The smallest absolute Gasteiger partial charge is 0.338 e. The van der Waals surface area contributed by atoms with E-state index in [-0.39, 0.29) is 23.7 Å². The van der Waals surface area contributed by atoms with Crippen molar-refractivity contribution in [1.29, 1.82) is 0 Å². The first kappa shape index (κ1) is 22.5. The third-order valence-corrected chi connectivity index (χ3v) is 4.30. The molecule has 0 unspecified atom stereocenters. The number of hydrogen-bond donors (Lipinski definition) is 0. The Hall–Kier alpha value is -1.53. The molecular formula is C18H29NO4S. The van der Waals surface area contributed by atoms with Crippen LogP contribution in [0.4, 0.5) is 0 Å². The number of carbonyl (C=O) groups excluding carboxylic acids is 2. The number of rotatable bonds is 13. The predicted octanol–water partition coefficient (Wildman–Crippen LogP) is 2.84. The maximum Gasteiger partial charge on any atom is 0.338 e. The number of allylic oxidation sites excluding steroid dienone is 1. The fourth-order valence-electron chi connectivity index (χ4n) is 1.90. The number of hydrogen-bond acceptors (Lipinski definition) is 6. The average Bonchev–Trinajstić information content (AvgIpc) is 2.57. The van der Waals surface area contributed by atoms with Crippen LogP contribution in [-0.2, 0) is 19.1 Å². The molecule has 0 amide bonds. The lowest BCUT2D eigenvalue weighted by Gasteiger charge is -2.18. The van der Waals surface area contributed by atoms with Crippen LogP contribution in [0.15, 0.2) is 36.1 Å². The van der Waals surface area contributed by atoms with Gasteiger partial charge in [-0.2, -0.15) is 11.8 Å². The number of ether oxygens (including phenoxy) is 2. The van der Waals surface area contributed by atoms with Gasteiger partial charge in [0.2, 0.25) is 5.78 Å². The third-order valence-electron chi connectivity index (χ3n) is 3.34. The monoisotopic (exact) mass is 355 g/mol. The molecule has 0 bridgehead atoms. The molecule has 0 aromatic carbocycles. The molecule has 0 N–H and O–H groups in total. The van der Waals surface area contributed by atoms with Crippen molar-refractivity contribution >= 4 is 23.5 Å². The largest absolute Gasteiger partial charge is 0.492 e. The van der Waals surface area contributed by atoms with Gasteiger partial charge in [-0.3, -0.25) is 4.79 Å². The summed E-state index contributed by atoms with van der Waals surface area (Å²) in [7, 11) is 1.37. The highest BCUT2D eigenvalue weighted by atomic mass is 32.2. The topological polar surface area (TPSA) is 55.8 Å². The molecule has 0 aromatic rings. The zero-order valence-corrected chi connectivity index (χ0v) is 16.0. The number of esters is 1. The zero-order valence-electron chi connectivity index (χ0n) is 15.2. The van der Waals surface area contributed by atoms with Gasteiger partial charge in [0.05, 0.1) is 12.7 Å². The Morgan fingerprint density at radius 2 is 1.88 bits per heavy atom. The van der Waals surface area contributed by atoms with E-state index in [1.54, 1.807) is 13.0 Å². The van der Waals surface area contributed by atoms with E-state index in [1.165, 1.54) is 18.9 Å². The number of Topliss-reactive ketones (excluding diaryl/α,β-unsaturated/α-hetero) is 1. The molecule has 0 aromatic heterocycles. The minimum Gasteiger partial charge on any atom is -0.492 e. The Morgan fingerprint density at radius 1 is 1.25 bits per heavy atom. The number of thioether (sulfide) groups is 1. The zero-order chi connectivity index (χ0) is 18.5. The van der Waals surface area contributed by atoms with Gasteiger partial charge in [0.25, 0.3) is 0 Å². The highest BCUT2D eigenvalue weighted by Gasteiger charge is 2.23. The summed E-state index contributed by atoms with van der Waals surface area (Å²) < 4.78 is 10.5. The van der Waals surface area contributed by atoms with E-state index in [0.717, 1.165) is 13.1 Å². The molecule has 0 aliphatic carbocycles. The van der Waals surface area contributed by atoms with Crippen molar-refractivity contribution < 1.29 is 19.1 Å². The van der Waals surface area contributed by atoms with E-state index in [0.29, 0.717) is 23.6 Å². The van der Waals surface area contributed by atoms with Crippen molar-refractivity contribution in [1.82, 2.24) is 4.90 Å². The summed E-state index contributed by atoms with van der Waals surface area (Å²) in [5.41, 5.74) is 0.547. The van der Waals surface area contributed by atoms with E-state index in [4.69, 9.17) is 9.47 Å². The molecule has 0 atom stereocenters. The summed E-state index contributed by atoms with van der Waals surface area (Å²) in [6, 6.07) is 0. The molecule has 0 fully saturated rings. The Balaban J connectivity index is 5.15. The molecule has 0 radical (unpaired) electrons. The minimum atomic E-state index is -0.523. The molecule has 136 valence electrons. The lowest BCUT2D eigenvalue weighted by Crippen LogP contribution is -2.28. The molecule has 0 heterocycles. The molecule has 0 spiro atoms. The summed E-state index contributed by atoms with van der Waals surface area (Å²) >= 11 is 1.46. The molecule has 0 rings (SSSR count). The SMILES string of the molecule is C=CCSC/C(C(=O)OCCN(CC)CC)=C(\OC)C(=O)C(=C)C. The summed E-state index contributed by atoms with van der Waals surface area (Å²) in [6.07, 6.45) is 1.74. The van der Waals surface area contributed by atoms with Crippen molar-refractivity contribution in [3.8, 4) is 0 Å².